The second-order valence-corrected chi connectivity index (χ2v) is 6.19. The predicted molar refractivity (Wildman–Crippen MR) is 68.3 cm³/mol. The van der Waals surface area contributed by atoms with E-state index < -0.39 is 22.5 Å². The number of sulfonamides is 1. The Morgan fingerprint density at radius 2 is 2.00 bits per heavy atom. The highest BCUT2D eigenvalue weighted by Gasteiger charge is 2.26. The van der Waals surface area contributed by atoms with Crippen LogP contribution in [0.25, 0.3) is 0 Å². The van der Waals surface area contributed by atoms with Gasteiger partial charge >= 0.3 is 5.97 Å². The quantitative estimate of drug-likeness (QED) is 0.795. The number of hydrogen-bond donors (Lipinski definition) is 0. The Balaban J connectivity index is 3.14. The first-order valence-corrected chi connectivity index (χ1v) is 6.97. The number of likely N-dealkylation sites (N-methyl/N-ethyl adjacent to an activating group) is 1. The number of benzene rings is 1. The summed E-state index contributed by atoms with van der Waals surface area (Å²) in [5, 5.41) is 0.0556. The minimum Gasteiger partial charge on any atom is -0.468 e. The zero-order valence-electron chi connectivity index (χ0n) is 9.68. The molecule has 0 spiro atoms. The summed E-state index contributed by atoms with van der Waals surface area (Å²) in [5.74, 6) is -0.667. The number of carbonyl (C=O) groups is 1. The molecule has 0 radical (unpaired) electrons. The fourth-order valence-corrected chi connectivity index (χ4v) is 3.03. The van der Waals surface area contributed by atoms with Crippen molar-refractivity contribution < 1.29 is 17.9 Å². The maximum Gasteiger partial charge on any atom is 0.321 e. The van der Waals surface area contributed by atoms with Crippen molar-refractivity contribution in [3.63, 3.8) is 0 Å². The fourth-order valence-electron chi connectivity index (χ4n) is 1.18. The van der Waals surface area contributed by atoms with E-state index in [1.807, 2.05) is 0 Å². The van der Waals surface area contributed by atoms with Crippen molar-refractivity contribution in [2.45, 2.75) is 4.90 Å². The van der Waals surface area contributed by atoms with E-state index in [-0.39, 0.29) is 14.9 Å². The molecule has 5 nitrogen and oxygen atoms in total. The van der Waals surface area contributed by atoms with Crippen LogP contribution in [0.1, 0.15) is 0 Å². The maximum absolute atomic E-state index is 12.1. The topological polar surface area (TPSA) is 63.7 Å². The Hall–Kier alpha value is -0.820. The first kappa shape index (κ1) is 15.2. The van der Waals surface area contributed by atoms with Gasteiger partial charge in [0, 0.05) is 7.05 Å². The SMILES string of the molecule is COC(=O)CN(C)S(=O)(=O)c1cccc(Cl)c1Cl. The van der Waals surface area contributed by atoms with Crippen LogP contribution in [-0.2, 0) is 19.6 Å². The van der Waals surface area contributed by atoms with Crippen molar-refractivity contribution >= 4 is 39.2 Å². The largest absolute Gasteiger partial charge is 0.468 e. The highest BCUT2D eigenvalue weighted by atomic mass is 35.5. The third kappa shape index (κ3) is 3.14. The minimum absolute atomic E-state index is 0.0733. The third-order valence-electron chi connectivity index (χ3n) is 2.18. The molecular formula is C10H11Cl2NO4S. The Labute approximate surface area is 115 Å². The highest BCUT2D eigenvalue weighted by Crippen LogP contribution is 2.30. The Morgan fingerprint density at radius 1 is 1.39 bits per heavy atom. The van der Waals surface area contributed by atoms with E-state index in [9.17, 15) is 13.2 Å². The summed E-state index contributed by atoms with van der Waals surface area (Å²) in [4.78, 5) is 10.9. The summed E-state index contributed by atoms with van der Waals surface area (Å²) in [7, 11) is -1.45. The summed E-state index contributed by atoms with van der Waals surface area (Å²) in [6.45, 7) is -0.401. The normalized spacial score (nSPS) is 11.6. The van der Waals surface area contributed by atoms with E-state index in [2.05, 4.69) is 4.74 Å². The van der Waals surface area contributed by atoms with Crippen LogP contribution < -0.4 is 0 Å². The highest BCUT2D eigenvalue weighted by molar-refractivity contribution is 7.89. The predicted octanol–water partition coefficient (Wildman–Crippen LogP) is 1.79. The van der Waals surface area contributed by atoms with E-state index in [0.29, 0.717) is 0 Å². The Kier molecular flexibility index (Phi) is 4.98. The molecular weight excluding hydrogens is 301 g/mol. The molecule has 18 heavy (non-hydrogen) atoms. The lowest BCUT2D eigenvalue weighted by molar-refractivity contribution is -0.140. The average Bonchev–Trinajstić information content (AvgIpc) is 2.32. The van der Waals surface area contributed by atoms with Crippen LogP contribution >= 0.6 is 23.2 Å². The zero-order valence-corrected chi connectivity index (χ0v) is 12.0. The van der Waals surface area contributed by atoms with Crippen molar-refractivity contribution in [1.29, 1.82) is 0 Å². The summed E-state index contributed by atoms with van der Waals surface area (Å²) >= 11 is 11.6. The van der Waals surface area contributed by atoms with Crippen molar-refractivity contribution in [2.24, 2.45) is 0 Å². The molecule has 0 N–H and O–H groups in total. The summed E-state index contributed by atoms with van der Waals surface area (Å²) in [6.07, 6.45) is 0. The number of carbonyl (C=O) groups excluding carboxylic acids is 1. The molecule has 0 heterocycles. The Bertz CT molecular complexity index is 559. The summed E-state index contributed by atoms with van der Waals surface area (Å²) in [6, 6.07) is 4.26. The molecule has 1 rings (SSSR count). The molecule has 0 bridgehead atoms. The number of methoxy groups -OCH3 is 1. The first-order valence-electron chi connectivity index (χ1n) is 4.78. The standard InChI is InChI=1S/C10H11Cl2NO4S/c1-13(6-9(14)17-2)18(15,16)8-5-3-4-7(11)10(8)12/h3-5H,6H2,1-2H3. The smallest absolute Gasteiger partial charge is 0.321 e. The lowest BCUT2D eigenvalue weighted by atomic mass is 10.4. The lowest BCUT2D eigenvalue weighted by Gasteiger charge is -2.16. The van der Waals surface area contributed by atoms with E-state index >= 15 is 0 Å². The Morgan fingerprint density at radius 3 is 2.56 bits per heavy atom. The van der Waals surface area contributed by atoms with Gasteiger partial charge in [-0.2, -0.15) is 4.31 Å². The van der Waals surface area contributed by atoms with Gasteiger partial charge in [0.05, 0.1) is 17.2 Å². The molecule has 0 aliphatic heterocycles. The van der Waals surface area contributed by atoms with E-state index in [1.54, 1.807) is 0 Å². The summed E-state index contributed by atoms with van der Waals surface area (Å²) in [5.41, 5.74) is 0. The molecule has 0 aromatic heterocycles. The van der Waals surface area contributed by atoms with Crippen LogP contribution in [0, 0.1) is 0 Å². The number of rotatable bonds is 4. The van der Waals surface area contributed by atoms with E-state index in [0.717, 1.165) is 4.31 Å². The molecule has 0 aliphatic rings. The first-order chi connectivity index (χ1) is 8.30. The van der Waals surface area contributed by atoms with Crippen LogP contribution in [0.15, 0.2) is 23.1 Å². The molecule has 0 aliphatic carbocycles. The minimum atomic E-state index is -3.88. The molecule has 100 valence electrons. The number of nitrogens with zero attached hydrogens (tertiary/aromatic N) is 1. The molecule has 8 heteroatoms. The van der Waals surface area contributed by atoms with E-state index in [1.165, 1.54) is 32.4 Å². The molecule has 0 saturated carbocycles. The van der Waals surface area contributed by atoms with Crippen LogP contribution in [0.5, 0.6) is 0 Å². The van der Waals surface area contributed by atoms with Gasteiger partial charge < -0.3 is 4.74 Å². The zero-order chi connectivity index (χ0) is 13.9. The number of hydrogen-bond acceptors (Lipinski definition) is 4. The summed E-state index contributed by atoms with van der Waals surface area (Å²) < 4.78 is 29.5. The van der Waals surface area contributed by atoms with Gasteiger partial charge in [-0.15, -0.1) is 0 Å². The van der Waals surface area contributed by atoms with Crippen molar-refractivity contribution in [2.75, 3.05) is 20.7 Å². The van der Waals surface area contributed by atoms with Gasteiger partial charge in [-0.05, 0) is 12.1 Å². The van der Waals surface area contributed by atoms with Gasteiger partial charge in [0.25, 0.3) is 0 Å². The van der Waals surface area contributed by atoms with E-state index in [4.69, 9.17) is 23.2 Å². The van der Waals surface area contributed by atoms with Crippen molar-refractivity contribution in [3.8, 4) is 0 Å². The van der Waals surface area contributed by atoms with Crippen LogP contribution in [0.2, 0.25) is 10.0 Å². The number of halogens is 2. The average molecular weight is 312 g/mol. The van der Waals surface area contributed by atoms with Crippen molar-refractivity contribution in [1.82, 2.24) is 4.31 Å². The van der Waals surface area contributed by atoms with Crippen LogP contribution in [0.3, 0.4) is 0 Å². The molecule has 0 fully saturated rings. The molecule has 0 saturated heterocycles. The lowest BCUT2D eigenvalue weighted by Crippen LogP contribution is -2.32. The van der Waals surface area contributed by atoms with Gasteiger partial charge in [-0.1, -0.05) is 29.3 Å². The second kappa shape index (κ2) is 5.88. The number of ether oxygens (including phenoxy) is 1. The fraction of sp³-hybridized carbons (Fsp3) is 0.300. The van der Waals surface area contributed by atoms with Gasteiger partial charge in [-0.3, -0.25) is 4.79 Å². The van der Waals surface area contributed by atoms with Gasteiger partial charge in [-0.25, -0.2) is 8.42 Å². The van der Waals surface area contributed by atoms with Crippen LogP contribution in [-0.4, -0.2) is 39.4 Å². The third-order valence-corrected chi connectivity index (χ3v) is 4.96. The van der Waals surface area contributed by atoms with Crippen LogP contribution in [0.4, 0.5) is 0 Å². The van der Waals surface area contributed by atoms with Crippen molar-refractivity contribution in [3.05, 3.63) is 28.2 Å². The van der Waals surface area contributed by atoms with Gasteiger partial charge in [0.15, 0.2) is 0 Å². The van der Waals surface area contributed by atoms with Gasteiger partial charge in [0.2, 0.25) is 10.0 Å². The maximum atomic E-state index is 12.1. The molecule has 0 amide bonds. The molecule has 1 aromatic carbocycles. The second-order valence-electron chi connectivity index (χ2n) is 3.39. The molecule has 0 atom stereocenters. The van der Waals surface area contributed by atoms with Gasteiger partial charge in [0.1, 0.15) is 11.4 Å². The molecule has 0 unspecified atom stereocenters. The monoisotopic (exact) mass is 311 g/mol. The molecule has 1 aromatic rings. The number of esters is 1.